The van der Waals surface area contributed by atoms with Crippen LogP contribution in [0.5, 0.6) is 0 Å². The van der Waals surface area contributed by atoms with Gasteiger partial charge in [0.1, 0.15) is 17.3 Å². The number of piperazine rings is 1. The summed E-state index contributed by atoms with van der Waals surface area (Å²) < 4.78 is 7.54. The predicted octanol–water partition coefficient (Wildman–Crippen LogP) is 4.45. The summed E-state index contributed by atoms with van der Waals surface area (Å²) in [6, 6.07) is 17.2. The van der Waals surface area contributed by atoms with E-state index in [-0.39, 0.29) is 5.91 Å². The van der Waals surface area contributed by atoms with Gasteiger partial charge in [0.05, 0.1) is 16.3 Å². The van der Waals surface area contributed by atoms with Crippen molar-refractivity contribution in [2.24, 2.45) is 0 Å². The van der Waals surface area contributed by atoms with E-state index in [0.717, 1.165) is 17.3 Å². The van der Waals surface area contributed by atoms with Gasteiger partial charge in [-0.3, -0.25) is 4.79 Å². The number of halogens is 1. The fourth-order valence-corrected chi connectivity index (χ4v) is 3.96. The third-order valence-corrected chi connectivity index (χ3v) is 5.77. The average Bonchev–Trinajstić information content (AvgIpc) is 3.46. The van der Waals surface area contributed by atoms with Crippen molar-refractivity contribution in [2.75, 3.05) is 31.1 Å². The van der Waals surface area contributed by atoms with E-state index < -0.39 is 0 Å². The topological polar surface area (TPSA) is 67.4 Å². The fraction of sp³-hybridized carbons (Fsp3) is 0.208. The number of nitrogens with zero attached hydrogens (tertiary/aromatic N) is 5. The van der Waals surface area contributed by atoms with Gasteiger partial charge in [-0.2, -0.15) is 5.10 Å². The highest BCUT2D eigenvalue weighted by molar-refractivity contribution is 6.30. The van der Waals surface area contributed by atoms with Crippen LogP contribution in [0.3, 0.4) is 0 Å². The number of furan rings is 1. The number of aryl methyl sites for hydroxylation is 1. The summed E-state index contributed by atoms with van der Waals surface area (Å²) in [5, 5.41) is 5.30. The molecule has 0 radical (unpaired) electrons. The van der Waals surface area contributed by atoms with Crippen LogP contribution >= 0.6 is 11.6 Å². The number of para-hydroxylation sites is 1. The minimum Gasteiger partial charge on any atom is -0.460 e. The van der Waals surface area contributed by atoms with Gasteiger partial charge in [-0.25, -0.2) is 9.67 Å². The minimum absolute atomic E-state index is 0.0556. The highest BCUT2D eigenvalue weighted by Crippen LogP contribution is 2.27. The number of anilines is 1. The number of hydrogen-bond acceptors (Lipinski definition) is 5. The van der Waals surface area contributed by atoms with E-state index in [9.17, 15) is 4.79 Å². The smallest absolute Gasteiger partial charge is 0.257 e. The van der Waals surface area contributed by atoms with Crippen molar-refractivity contribution in [1.82, 2.24) is 19.7 Å². The van der Waals surface area contributed by atoms with E-state index in [1.165, 1.54) is 0 Å². The monoisotopic (exact) mass is 447 g/mol. The minimum atomic E-state index is -0.0556. The average molecular weight is 448 g/mol. The molecule has 32 heavy (non-hydrogen) atoms. The number of hydrogen-bond donors (Lipinski definition) is 0. The van der Waals surface area contributed by atoms with Crippen molar-refractivity contribution in [3.05, 3.63) is 83.3 Å². The molecular weight excluding hydrogens is 426 g/mol. The Morgan fingerprint density at radius 3 is 2.44 bits per heavy atom. The van der Waals surface area contributed by atoms with Gasteiger partial charge in [-0.1, -0.05) is 29.8 Å². The molecule has 1 aliphatic heterocycles. The second-order valence-corrected chi connectivity index (χ2v) is 8.13. The van der Waals surface area contributed by atoms with Gasteiger partial charge >= 0.3 is 0 Å². The number of aromatic nitrogens is 3. The lowest BCUT2D eigenvalue weighted by Crippen LogP contribution is -2.49. The van der Waals surface area contributed by atoms with E-state index in [0.29, 0.717) is 48.2 Å². The molecule has 162 valence electrons. The summed E-state index contributed by atoms with van der Waals surface area (Å²) >= 11 is 5.95. The Morgan fingerprint density at radius 2 is 1.78 bits per heavy atom. The highest BCUT2D eigenvalue weighted by Gasteiger charge is 2.28. The first-order valence-corrected chi connectivity index (χ1v) is 10.8. The van der Waals surface area contributed by atoms with Crippen molar-refractivity contribution in [2.45, 2.75) is 6.92 Å². The predicted molar refractivity (Wildman–Crippen MR) is 123 cm³/mol. The lowest BCUT2D eigenvalue weighted by atomic mass is 10.1. The maximum atomic E-state index is 13.5. The third-order valence-electron chi connectivity index (χ3n) is 5.54. The molecule has 0 spiro atoms. The Hall–Kier alpha value is -3.58. The van der Waals surface area contributed by atoms with Crippen molar-refractivity contribution in [3.63, 3.8) is 0 Å². The van der Waals surface area contributed by atoms with Crippen LogP contribution in [-0.4, -0.2) is 51.8 Å². The van der Waals surface area contributed by atoms with Crippen molar-refractivity contribution in [3.8, 4) is 17.1 Å². The molecule has 5 rings (SSSR count). The van der Waals surface area contributed by atoms with Crippen LogP contribution in [-0.2, 0) is 0 Å². The van der Waals surface area contributed by atoms with Gasteiger partial charge in [-0.05, 0) is 43.3 Å². The van der Waals surface area contributed by atoms with Crippen LogP contribution in [0, 0.1) is 6.92 Å². The SMILES string of the molecule is Cc1ccc(-c2nn(-c3ccccc3)cc2C(=O)N2CCN(c3ccc(Cl)cn3)CC2)o1. The van der Waals surface area contributed by atoms with E-state index in [1.807, 2.05) is 66.4 Å². The number of amides is 1. The molecule has 0 unspecified atom stereocenters. The number of carbonyl (C=O) groups is 1. The Bertz CT molecular complexity index is 1230. The summed E-state index contributed by atoms with van der Waals surface area (Å²) in [5.74, 6) is 2.17. The van der Waals surface area contributed by atoms with Crippen LogP contribution in [0.25, 0.3) is 17.1 Å². The van der Waals surface area contributed by atoms with E-state index >= 15 is 0 Å². The molecular formula is C24H22ClN5O2. The first-order chi connectivity index (χ1) is 15.6. The van der Waals surface area contributed by atoms with Crippen molar-refractivity contribution in [1.29, 1.82) is 0 Å². The number of benzene rings is 1. The Morgan fingerprint density at radius 1 is 1.00 bits per heavy atom. The third kappa shape index (κ3) is 3.99. The Kier molecular flexibility index (Phi) is 5.41. The molecule has 0 bridgehead atoms. The van der Waals surface area contributed by atoms with Crippen LogP contribution in [0.15, 0.2) is 71.4 Å². The molecule has 1 saturated heterocycles. The summed E-state index contributed by atoms with van der Waals surface area (Å²) in [7, 11) is 0. The van der Waals surface area contributed by atoms with Gasteiger partial charge in [0.25, 0.3) is 5.91 Å². The molecule has 1 aliphatic rings. The van der Waals surface area contributed by atoms with E-state index in [1.54, 1.807) is 17.1 Å². The van der Waals surface area contributed by atoms with Crippen LogP contribution in [0.1, 0.15) is 16.1 Å². The van der Waals surface area contributed by atoms with E-state index in [2.05, 4.69) is 9.88 Å². The molecule has 0 saturated carbocycles. The summed E-state index contributed by atoms with van der Waals surface area (Å²) in [5.41, 5.74) is 1.96. The molecule has 1 fully saturated rings. The second-order valence-electron chi connectivity index (χ2n) is 7.70. The maximum Gasteiger partial charge on any atom is 0.257 e. The number of pyridine rings is 1. The lowest BCUT2D eigenvalue weighted by Gasteiger charge is -2.35. The fourth-order valence-electron chi connectivity index (χ4n) is 3.85. The molecule has 0 aliphatic carbocycles. The van der Waals surface area contributed by atoms with Crippen LogP contribution < -0.4 is 4.90 Å². The zero-order valence-corrected chi connectivity index (χ0v) is 18.4. The van der Waals surface area contributed by atoms with Crippen molar-refractivity contribution >= 4 is 23.3 Å². The Labute approximate surface area is 190 Å². The zero-order chi connectivity index (χ0) is 22.1. The number of rotatable bonds is 4. The maximum absolute atomic E-state index is 13.5. The highest BCUT2D eigenvalue weighted by atomic mass is 35.5. The molecule has 0 atom stereocenters. The number of carbonyl (C=O) groups excluding carboxylic acids is 1. The van der Waals surface area contributed by atoms with E-state index in [4.69, 9.17) is 21.1 Å². The molecule has 8 heteroatoms. The zero-order valence-electron chi connectivity index (χ0n) is 17.6. The first kappa shape index (κ1) is 20.3. The molecule has 1 amide bonds. The van der Waals surface area contributed by atoms with Crippen LogP contribution in [0.2, 0.25) is 5.02 Å². The molecule has 4 heterocycles. The van der Waals surface area contributed by atoms with Gasteiger partial charge in [0, 0.05) is 38.6 Å². The summed E-state index contributed by atoms with van der Waals surface area (Å²) in [6.45, 7) is 4.46. The summed E-state index contributed by atoms with van der Waals surface area (Å²) in [6.07, 6.45) is 3.43. The molecule has 1 aromatic carbocycles. The second kappa shape index (κ2) is 8.51. The molecule has 3 aromatic heterocycles. The lowest BCUT2D eigenvalue weighted by molar-refractivity contribution is 0.0747. The van der Waals surface area contributed by atoms with Crippen LogP contribution in [0.4, 0.5) is 5.82 Å². The van der Waals surface area contributed by atoms with Gasteiger partial charge in [-0.15, -0.1) is 0 Å². The normalized spacial score (nSPS) is 14.1. The summed E-state index contributed by atoms with van der Waals surface area (Å²) in [4.78, 5) is 21.9. The van der Waals surface area contributed by atoms with Crippen molar-refractivity contribution < 1.29 is 9.21 Å². The quantitative estimate of drug-likeness (QED) is 0.462. The molecule has 7 nitrogen and oxygen atoms in total. The van der Waals surface area contributed by atoms with Gasteiger partial charge in [0.2, 0.25) is 0 Å². The molecule has 4 aromatic rings. The van der Waals surface area contributed by atoms with Gasteiger partial charge < -0.3 is 14.2 Å². The Balaban J connectivity index is 1.40. The molecule has 0 N–H and O–H groups in total. The largest absolute Gasteiger partial charge is 0.460 e. The first-order valence-electron chi connectivity index (χ1n) is 10.5. The standard InChI is InChI=1S/C24H22ClN5O2/c1-17-7-9-21(32-17)23-20(16-30(27-23)19-5-3-2-4-6-19)24(31)29-13-11-28(12-14-29)22-10-8-18(25)15-26-22/h2-10,15-16H,11-14H2,1H3. The van der Waals surface area contributed by atoms with Gasteiger partial charge in [0.15, 0.2) is 5.76 Å².